The van der Waals surface area contributed by atoms with E-state index in [1.807, 2.05) is 42.5 Å². The largest absolute Gasteiger partial charge is 0.497 e. The van der Waals surface area contributed by atoms with Crippen LogP contribution in [0.3, 0.4) is 0 Å². The van der Waals surface area contributed by atoms with E-state index in [-0.39, 0.29) is 23.9 Å². The molecule has 1 N–H and O–H groups in total. The highest BCUT2D eigenvalue weighted by atomic mass is 16.5. The van der Waals surface area contributed by atoms with Crippen molar-refractivity contribution in [2.24, 2.45) is 5.92 Å². The van der Waals surface area contributed by atoms with E-state index in [0.29, 0.717) is 6.42 Å². The first kappa shape index (κ1) is 23.1. The van der Waals surface area contributed by atoms with E-state index >= 15 is 0 Å². The summed E-state index contributed by atoms with van der Waals surface area (Å²) < 4.78 is 11.2. The van der Waals surface area contributed by atoms with E-state index in [2.05, 4.69) is 52.4 Å². The van der Waals surface area contributed by atoms with Gasteiger partial charge in [0.2, 0.25) is 5.91 Å². The van der Waals surface area contributed by atoms with Crippen molar-refractivity contribution in [3.63, 3.8) is 0 Å². The molecule has 5 rings (SSSR count). The molecule has 0 bridgehead atoms. The average molecular weight is 472 g/mol. The Morgan fingerprint density at radius 1 is 0.943 bits per heavy atom. The van der Waals surface area contributed by atoms with Crippen molar-refractivity contribution < 1.29 is 14.3 Å². The summed E-state index contributed by atoms with van der Waals surface area (Å²) in [5.74, 6) is 1.63. The molecule has 2 heterocycles. The van der Waals surface area contributed by atoms with Crippen molar-refractivity contribution in [1.82, 2.24) is 5.32 Å². The Bertz CT molecular complexity index is 1180. The molecule has 3 aromatic rings. The lowest BCUT2D eigenvalue weighted by Crippen LogP contribution is -2.61. The molecule has 3 unspecified atom stereocenters. The molecule has 2 aliphatic heterocycles. The summed E-state index contributed by atoms with van der Waals surface area (Å²) >= 11 is 0. The van der Waals surface area contributed by atoms with Gasteiger partial charge in [-0.2, -0.15) is 0 Å². The van der Waals surface area contributed by atoms with Crippen LogP contribution in [-0.4, -0.2) is 45.8 Å². The number of rotatable bonds is 6. The quantitative estimate of drug-likeness (QED) is 0.576. The van der Waals surface area contributed by atoms with E-state index in [0.717, 1.165) is 42.4 Å². The van der Waals surface area contributed by atoms with Gasteiger partial charge in [-0.3, -0.25) is 4.79 Å². The first-order chi connectivity index (χ1) is 17.1. The molecule has 35 heavy (non-hydrogen) atoms. The van der Waals surface area contributed by atoms with Gasteiger partial charge in [0.1, 0.15) is 11.5 Å². The van der Waals surface area contributed by atoms with Gasteiger partial charge < -0.3 is 24.6 Å². The van der Waals surface area contributed by atoms with Crippen molar-refractivity contribution in [3.05, 3.63) is 83.9 Å². The maximum atomic E-state index is 13.7. The van der Waals surface area contributed by atoms with Crippen molar-refractivity contribution in [1.29, 1.82) is 0 Å². The second kappa shape index (κ2) is 9.90. The summed E-state index contributed by atoms with van der Waals surface area (Å²) in [5.41, 5.74) is 4.55. The molecule has 6 heteroatoms. The molecule has 3 atom stereocenters. The number of carbonyl (C=O) groups excluding carboxylic acids is 1. The van der Waals surface area contributed by atoms with Gasteiger partial charge >= 0.3 is 0 Å². The van der Waals surface area contributed by atoms with Crippen molar-refractivity contribution >= 4 is 17.3 Å². The zero-order chi connectivity index (χ0) is 24.4. The Morgan fingerprint density at radius 3 is 2.49 bits per heavy atom. The topological polar surface area (TPSA) is 54.0 Å². The van der Waals surface area contributed by atoms with Crippen LogP contribution in [0.25, 0.3) is 0 Å². The SMILES string of the molecule is COc1ccc2c(c1)N1CCN(c3ccccc3OC)CC1C(C(=O)NC(C)c1ccccc1)C2. The molecule has 0 saturated carbocycles. The molecule has 6 nitrogen and oxygen atoms in total. The number of para-hydroxylation sites is 2. The predicted molar refractivity (Wildman–Crippen MR) is 140 cm³/mol. The summed E-state index contributed by atoms with van der Waals surface area (Å²) in [4.78, 5) is 18.5. The molecule has 1 saturated heterocycles. The molecule has 0 spiro atoms. The predicted octanol–water partition coefficient (Wildman–Crippen LogP) is 4.45. The maximum absolute atomic E-state index is 13.7. The Labute approximate surface area is 207 Å². The van der Waals surface area contributed by atoms with Crippen LogP contribution in [0.5, 0.6) is 11.5 Å². The number of benzene rings is 3. The fraction of sp³-hybridized carbons (Fsp3) is 0.345. The highest BCUT2D eigenvalue weighted by Gasteiger charge is 2.42. The Balaban J connectivity index is 1.46. The molecule has 1 fully saturated rings. The van der Waals surface area contributed by atoms with Gasteiger partial charge in [-0.15, -0.1) is 0 Å². The summed E-state index contributed by atoms with van der Waals surface area (Å²) in [6, 6.07) is 24.5. The van der Waals surface area contributed by atoms with Crippen molar-refractivity contribution in [2.75, 3.05) is 43.7 Å². The number of fused-ring (bicyclic) bond motifs is 3. The van der Waals surface area contributed by atoms with E-state index in [1.54, 1.807) is 14.2 Å². The Hall–Kier alpha value is -3.67. The second-order valence-corrected chi connectivity index (χ2v) is 9.32. The summed E-state index contributed by atoms with van der Waals surface area (Å²) in [7, 11) is 3.41. The van der Waals surface area contributed by atoms with E-state index in [1.165, 1.54) is 11.3 Å². The van der Waals surface area contributed by atoms with Crippen LogP contribution in [-0.2, 0) is 11.2 Å². The number of methoxy groups -OCH3 is 2. The minimum absolute atomic E-state index is 0.0382. The van der Waals surface area contributed by atoms with Gasteiger partial charge in [-0.1, -0.05) is 48.5 Å². The van der Waals surface area contributed by atoms with Crippen molar-refractivity contribution in [2.45, 2.75) is 25.4 Å². The summed E-state index contributed by atoms with van der Waals surface area (Å²) in [5, 5.41) is 3.30. The smallest absolute Gasteiger partial charge is 0.226 e. The number of anilines is 2. The van der Waals surface area contributed by atoms with Gasteiger partial charge in [0.05, 0.1) is 37.9 Å². The number of amides is 1. The highest BCUT2D eigenvalue weighted by Crippen LogP contribution is 2.40. The summed E-state index contributed by atoms with van der Waals surface area (Å²) in [6.45, 7) is 4.46. The molecule has 0 radical (unpaired) electrons. The number of piperazine rings is 1. The zero-order valence-corrected chi connectivity index (χ0v) is 20.6. The number of hydrogen-bond acceptors (Lipinski definition) is 5. The average Bonchev–Trinajstić information content (AvgIpc) is 2.92. The first-order valence-electron chi connectivity index (χ1n) is 12.3. The van der Waals surface area contributed by atoms with Crippen LogP contribution < -0.4 is 24.6 Å². The number of nitrogens with zero attached hydrogens (tertiary/aromatic N) is 2. The minimum atomic E-state index is -0.167. The van der Waals surface area contributed by atoms with Gasteiger partial charge in [-0.25, -0.2) is 0 Å². The maximum Gasteiger partial charge on any atom is 0.226 e. The second-order valence-electron chi connectivity index (χ2n) is 9.32. The van der Waals surface area contributed by atoms with Crippen LogP contribution in [0.4, 0.5) is 11.4 Å². The van der Waals surface area contributed by atoms with Crippen LogP contribution in [0, 0.1) is 5.92 Å². The van der Waals surface area contributed by atoms with Gasteiger partial charge in [0.15, 0.2) is 0 Å². The highest BCUT2D eigenvalue weighted by molar-refractivity contribution is 5.83. The molecular formula is C29H33N3O3. The summed E-state index contributed by atoms with van der Waals surface area (Å²) in [6.07, 6.45) is 0.702. The van der Waals surface area contributed by atoms with Gasteiger partial charge in [0.25, 0.3) is 0 Å². The van der Waals surface area contributed by atoms with E-state index in [9.17, 15) is 4.79 Å². The minimum Gasteiger partial charge on any atom is -0.497 e. The van der Waals surface area contributed by atoms with Gasteiger partial charge in [-0.05, 0) is 42.7 Å². The monoisotopic (exact) mass is 471 g/mol. The number of nitrogens with one attached hydrogen (secondary N) is 1. The lowest BCUT2D eigenvalue weighted by Gasteiger charge is -2.50. The fourth-order valence-electron chi connectivity index (χ4n) is 5.46. The molecular weight excluding hydrogens is 438 g/mol. The van der Waals surface area contributed by atoms with E-state index in [4.69, 9.17) is 9.47 Å². The lowest BCUT2D eigenvalue weighted by molar-refractivity contribution is -0.126. The Morgan fingerprint density at radius 2 is 1.71 bits per heavy atom. The lowest BCUT2D eigenvalue weighted by atomic mass is 9.83. The molecule has 1 amide bonds. The molecule has 182 valence electrons. The van der Waals surface area contributed by atoms with Crippen LogP contribution in [0.15, 0.2) is 72.8 Å². The van der Waals surface area contributed by atoms with E-state index < -0.39 is 0 Å². The number of hydrogen-bond donors (Lipinski definition) is 1. The third kappa shape index (κ3) is 4.53. The normalized spacial score (nSPS) is 19.9. The third-order valence-corrected chi connectivity index (χ3v) is 7.35. The van der Waals surface area contributed by atoms with Gasteiger partial charge in [0, 0.05) is 31.4 Å². The molecule has 0 aliphatic carbocycles. The third-order valence-electron chi connectivity index (χ3n) is 7.35. The molecule has 2 aliphatic rings. The van der Waals surface area contributed by atoms with Crippen LogP contribution >= 0.6 is 0 Å². The first-order valence-corrected chi connectivity index (χ1v) is 12.3. The zero-order valence-electron chi connectivity index (χ0n) is 20.6. The van der Waals surface area contributed by atoms with Crippen LogP contribution in [0.2, 0.25) is 0 Å². The van der Waals surface area contributed by atoms with Crippen molar-refractivity contribution in [3.8, 4) is 11.5 Å². The Kier molecular flexibility index (Phi) is 6.53. The standard InChI is InChI=1S/C29H33N3O3/c1-20(21-9-5-4-6-10-21)30-29(33)24-17-22-13-14-23(34-2)18-26(22)32-16-15-31(19-27(24)32)25-11-7-8-12-28(25)35-3/h4-14,18,20,24,27H,15-17,19H2,1-3H3,(H,30,33). The fourth-order valence-corrected chi connectivity index (χ4v) is 5.46. The van der Waals surface area contributed by atoms with Crippen LogP contribution in [0.1, 0.15) is 24.1 Å². The number of ether oxygens (including phenoxy) is 2. The molecule has 0 aromatic heterocycles. The number of carbonyl (C=O) groups is 1. The molecule has 3 aromatic carbocycles.